The Morgan fingerprint density at radius 2 is 1.73 bits per heavy atom. The molecule has 1 aliphatic heterocycles. The predicted molar refractivity (Wildman–Crippen MR) is 60.3 cm³/mol. The van der Waals surface area contributed by atoms with Gasteiger partial charge < -0.3 is 10.6 Å². The largest absolute Gasteiger partial charge is 0.342 e. The molecule has 1 saturated carbocycles. The van der Waals surface area contributed by atoms with Gasteiger partial charge in [0, 0.05) is 24.9 Å². The number of rotatable bonds is 2. The molecule has 1 heterocycles. The average molecular weight is 210 g/mol. The molecule has 0 radical (unpaired) electrons. The zero-order valence-corrected chi connectivity index (χ0v) is 9.45. The summed E-state index contributed by atoms with van der Waals surface area (Å²) in [5.74, 6) is 1.30. The first-order valence-electron chi connectivity index (χ1n) is 6.30. The van der Waals surface area contributed by atoms with Crippen LogP contribution >= 0.6 is 0 Å². The zero-order valence-electron chi connectivity index (χ0n) is 9.45. The molecule has 86 valence electrons. The lowest BCUT2D eigenvalue weighted by molar-refractivity contribution is -0.142. The third-order valence-corrected chi connectivity index (χ3v) is 3.81. The van der Waals surface area contributed by atoms with Gasteiger partial charge in [-0.1, -0.05) is 25.7 Å². The fourth-order valence-electron chi connectivity index (χ4n) is 2.68. The van der Waals surface area contributed by atoms with Crippen LogP contribution in [0.5, 0.6) is 0 Å². The molecule has 3 heteroatoms. The summed E-state index contributed by atoms with van der Waals surface area (Å²) in [4.78, 5) is 14.1. The number of carbonyl (C=O) groups excluding carboxylic acids is 1. The van der Waals surface area contributed by atoms with Gasteiger partial charge >= 0.3 is 0 Å². The van der Waals surface area contributed by atoms with Gasteiger partial charge in [0.05, 0.1) is 0 Å². The van der Waals surface area contributed by atoms with E-state index in [9.17, 15) is 4.79 Å². The average Bonchev–Trinajstić information content (AvgIpc) is 2.43. The van der Waals surface area contributed by atoms with Crippen molar-refractivity contribution in [3.8, 4) is 0 Å². The van der Waals surface area contributed by atoms with Crippen molar-refractivity contribution in [2.75, 3.05) is 19.6 Å². The summed E-state index contributed by atoms with van der Waals surface area (Å²) in [6, 6.07) is 0. The second kappa shape index (κ2) is 4.97. The lowest BCUT2D eigenvalue weighted by Gasteiger charge is -2.40. The Bertz CT molecular complexity index is 216. The van der Waals surface area contributed by atoms with Gasteiger partial charge in [-0.25, -0.2) is 0 Å². The summed E-state index contributed by atoms with van der Waals surface area (Å²) in [6.45, 7) is 2.55. The standard InChI is InChI=1S/C12H22N2O/c13-7-10-8-14(9-10)12(15)11-5-3-1-2-4-6-11/h10-11H,1-9,13H2. The van der Waals surface area contributed by atoms with E-state index in [1.807, 2.05) is 4.90 Å². The number of amides is 1. The van der Waals surface area contributed by atoms with E-state index >= 15 is 0 Å². The number of nitrogens with two attached hydrogens (primary N) is 1. The quantitative estimate of drug-likeness (QED) is 0.700. The fraction of sp³-hybridized carbons (Fsp3) is 0.917. The molecule has 0 aromatic heterocycles. The summed E-state index contributed by atoms with van der Waals surface area (Å²) < 4.78 is 0. The maximum absolute atomic E-state index is 12.1. The maximum atomic E-state index is 12.1. The molecule has 0 aromatic carbocycles. The third-order valence-electron chi connectivity index (χ3n) is 3.81. The van der Waals surface area contributed by atoms with Gasteiger partial charge in [0.1, 0.15) is 0 Å². The molecular weight excluding hydrogens is 188 g/mol. The monoisotopic (exact) mass is 210 g/mol. The zero-order chi connectivity index (χ0) is 10.7. The van der Waals surface area contributed by atoms with Gasteiger partial charge in [-0.15, -0.1) is 0 Å². The minimum absolute atomic E-state index is 0.325. The molecule has 0 bridgehead atoms. The number of hydrogen-bond donors (Lipinski definition) is 1. The molecule has 1 aliphatic carbocycles. The first-order chi connectivity index (χ1) is 7.31. The highest BCUT2D eigenvalue weighted by atomic mass is 16.2. The molecular formula is C12H22N2O. The molecule has 1 amide bonds. The molecule has 2 N–H and O–H groups in total. The molecule has 15 heavy (non-hydrogen) atoms. The highest BCUT2D eigenvalue weighted by molar-refractivity contribution is 5.79. The van der Waals surface area contributed by atoms with Crippen LogP contribution in [0.4, 0.5) is 0 Å². The van der Waals surface area contributed by atoms with Crippen LogP contribution < -0.4 is 5.73 Å². The second-order valence-electron chi connectivity index (χ2n) is 5.03. The Morgan fingerprint density at radius 3 is 2.27 bits per heavy atom. The minimum atomic E-state index is 0.325. The van der Waals surface area contributed by atoms with Crippen LogP contribution in [0.1, 0.15) is 38.5 Å². The van der Waals surface area contributed by atoms with E-state index < -0.39 is 0 Å². The molecule has 3 nitrogen and oxygen atoms in total. The van der Waals surface area contributed by atoms with E-state index in [4.69, 9.17) is 5.73 Å². The fourth-order valence-corrected chi connectivity index (χ4v) is 2.68. The predicted octanol–water partition coefficient (Wildman–Crippen LogP) is 1.37. The van der Waals surface area contributed by atoms with Gasteiger partial charge in [-0.3, -0.25) is 4.79 Å². The van der Waals surface area contributed by atoms with Crippen molar-refractivity contribution in [1.82, 2.24) is 4.90 Å². The van der Waals surface area contributed by atoms with Crippen molar-refractivity contribution >= 4 is 5.91 Å². The summed E-state index contributed by atoms with van der Waals surface area (Å²) in [7, 11) is 0. The lowest BCUT2D eigenvalue weighted by Crippen LogP contribution is -2.54. The molecule has 2 aliphatic rings. The SMILES string of the molecule is NCC1CN(C(=O)C2CCCCCC2)C1. The molecule has 2 rings (SSSR count). The third kappa shape index (κ3) is 2.51. The van der Waals surface area contributed by atoms with Crippen LogP contribution in [-0.4, -0.2) is 30.4 Å². The van der Waals surface area contributed by atoms with Crippen molar-refractivity contribution in [3.63, 3.8) is 0 Å². The molecule has 2 fully saturated rings. The van der Waals surface area contributed by atoms with E-state index in [1.165, 1.54) is 25.7 Å². The highest BCUT2D eigenvalue weighted by Crippen LogP contribution is 2.27. The molecule has 1 saturated heterocycles. The van der Waals surface area contributed by atoms with Crippen LogP contribution in [0.3, 0.4) is 0 Å². The number of carbonyl (C=O) groups is 1. The van der Waals surface area contributed by atoms with Gasteiger partial charge in [0.2, 0.25) is 5.91 Å². The topological polar surface area (TPSA) is 46.3 Å². The van der Waals surface area contributed by atoms with Gasteiger partial charge in [-0.2, -0.15) is 0 Å². The molecule has 0 aromatic rings. The number of nitrogens with zero attached hydrogens (tertiary/aromatic N) is 1. The van der Waals surface area contributed by atoms with Crippen LogP contribution in [0, 0.1) is 11.8 Å². The van der Waals surface area contributed by atoms with Crippen molar-refractivity contribution in [2.45, 2.75) is 38.5 Å². The number of hydrogen-bond acceptors (Lipinski definition) is 2. The van der Waals surface area contributed by atoms with Crippen LogP contribution in [0.2, 0.25) is 0 Å². The molecule has 0 atom stereocenters. The maximum Gasteiger partial charge on any atom is 0.225 e. The summed E-state index contributed by atoms with van der Waals surface area (Å²) >= 11 is 0. The molecule has 0 spiro atoms. The second-order valence-corrected chi connectivity index (χ2v) is 5.03. The van der Waals surface area contributed by atoms with E-state index in [0.717, 1.165) is 32.5 Å². The summed E-state index contributed by atoms with van der Waals surface area (Å²) in [6.07, 6.45) is 7.34. The van der Waals surface area contributed by atoms with Crippen molar-refractivity contribution in [3.05, 3.63) is 0 Å². The highest BCUT2D eigenvalue weighted by Gasteiger charge is 2.33. The Labute approximate surface area is 92.0 Å². The van der Waals surface area contributed by atoms with E-state index in [2.05, 4.69) is 0 Å². The Morgan fingerprint density at radius 1 is 1.13 bits per heavy atom. The first-order valence-corrected chi connectivity index (χ1v) is 6.30. The van der Waals surface area contributed by atoms with E-state index in [1.54, 1.807) is 0 Å². The summed E-state index contributed by atoms with van der Waals surface area (Å²) in [5, 5.41) is 0. The van der Waals surface area contributed by atoms with Gasteiger partial charge in [0.25, 0.3) is 0 Å². The lowest BCUT2D eigenvalue weighted by atomic mass is 9.93. The van der Waals surface area contributed by atoms with Gasteiger partial charge in [0.15, 0.2) is 0 Å². The van der Waals surface area contributed by atoms with Crippen molar-refractivity contribution in [2.24, 2.45) is 17.6 Å². The van der Waals surface area contributed by atoms with Gasteiger partial charge in [-0.05, 0) is 19.4 Å². The normalized spacial score (nSPS) is 24.7. The summed E-state index contributed by atoms with van der Waals surface area (Å²) in [5.41, 5.74) is 5.56. The smallest absolute Gasteiger partial charge is 0.225 e. The van der Waals surface area contributed by atoms with E-state index in [-0.39, 0.29) is 0 Å². The van der Waals surface area contributed by atoms with Crippen LogP contribution in [-0.2, 0) is 4.79 Å². The Balaban J connectivity index is 1.80. The van der Waals surface area contributed by atoms with Crippen molar-refractivity contribution < 1.29 is 4.79 Å². The molecule has 0 unspecified atom stereocenters. The van der Waals surface area contributed by atoms with Crippen LogP contribution in [0.15, 0.2) is 0 Å². The Hall–Kier alpha value is -0.570. The van der Waals surface area contributed by atoms with Crippen LogP contribution in [0.25, 0.3) is 0 Å². The van der Waals surface area contributed by atoms with E-state index in [0.29, 0.717) is 17.7 Å². The number of likely N-dealkylation sites (tertiary alicyclic amines) is 1. The Kier molecular flexibility index (Phi) is 3.62. The minimum Gasteiger partial charge on any atom is -0.342 e. The first kappa shape index (κ1) is 10.9. The van der Waals surface area contributed by atoms with Crippen molar-refractivity contribution in [1.29, 1.82) is 0 Å².